The maximum Gasteiger partial charge on any atom is 0.318 e. The zero-order chi connectivity index (χ0) is 29.0. The zero-order valence-corrected chi connectivity index (χ0v) is 22.8. The van der Waals surface area contributed by atoms with Crippen LogP contribution < -0.4 is 11.1 Å². The van der Waals surface area contributed by atoms with Gasteiger partial charge in [0, 0.05) is 23.1 Å². The predicted molar refractivity (Wildman–Crippen MR) is 148 cm³/mol. The van der Waals surface area contributed by atoms with Crippen LogP contribution >= 0.6 is 0 Å². The van der Waals surface area contributed by atoms with E-state index in [1.165, 1.54) is 24.3 Å². The maximum atomic E-state index is 13.4. The van der Waals surface area contributed by atoms with Gasteiger partial charge in [-0.15, -0.1) is 0 Å². The molecular formula is C26H28N4O7S2. The third kappa shape index (κ3) is 7.72. The van der Waals surface area contributed by atoms with Crippen LogP contribution in [0, 0.1) is 5.41 Å². The third-order valence-electron chi connectivity index (χ3n) is 5.78. The molecule has 1 unspecified atom stereocenters. The lowest BCUT2D eigenvalue weighted by Crippen LogP contribution is -2.50. The van der Waals surface area contributed by atoms with Gasteiger partial charge in [0.1, 0.15) is 18.4 Å². The molecule has 0 spiro atoms. The third-order valence-corrected chi connectivity index (χ3v) is 8.17. The van der Waals surface area contributed by atoms with Crippen LogP contribution in [-0.4, -0.2) is 69.1 Å². The summed E-state index contributed by atoms with van der Waals surface area (Å²) in [5, 5.41) is 19.6. The number of benzene rings is 3. The van der Waals surface area contributed by atoms with Gasteiger partial charge in [-0.3, -0.25) is 15.0 Å². The number of aliphatic carboxylic acids is 1. The Bertz CT molecular complexity index is 1620. The number of amides is 1. The molecule has 1 atom stereocenters. The fourth-order valence-electron chi connectivity index (χ4n) is 3.99. The number of nitrogens with zero attached hydrogens (tertiary/aromatic N) is 1. The molecule has 0 fully saturated rings. The molecule has 3 aromatic rings. The van der Waals surface area contributed by atoms with Gasteiger partial charge in [-0.1, -0.05) is 48.5 Å². The lowest BCUT2D eigenvalue weighted by Gasteiger charge is -2.28. The summed E-state index contributed by atoms with van der Waals surface area (Å²) in [5.74, 6) is -2.44. The number of nitrogen functional groups attached to an aromatic ring is 1. The van der Waals surface area contributed by atoms with Crippen LogP contribution in [0.5, 0.6) is 0 Å². The van der Waals surface area contributed by atoms with E-state index in [9.17, 15) is 31.5 Å². The second kappa shape index (κ2) is 11.8. The van der Waals surface area contributed by atoms with Crippen molar-refractivity contribution in [3.8, 4) is 11.1 Å². The smallest absolute Gasteiger partial charge is 0.318 e. The molecule has 0 aliphatic heterocycles. The molecule has 0 bridgehead atoms. The number of carbonyl (C=O) groups excluding carboxylic acids is 1. The normalized spacial score (nSPS) is 12.6. The van der Waals surface area contributed by atoms with Crippen LogP contribution in [0.1, 0.15) is 11.1 Å². The van der Waals surface area contributed by atoms with Gasteiger partial charge in [0.2, 0.25) is 15.9 Å². The van der Waals surface area contributed by atoms with E-state index in [1.54, 1.807) is 48.5 Å². The Morgan fingerprint density at radius 3 is 2.18 bits per heavy atom. The van der Waals surface area contributed by atoms with Crippen molar-refractivity contribution in [3.63, 3.8) is 0 Å². The van der Waals surface area contributed by atoms with E-state index in [1.807, 2.05) is 0 Å². The Kier molecular flexibility index (Phi) is 8.89. The Balaban J connectivity index is 1.95. The fourth-order valence-corrected chi connectivity index (χ4v) is 5.88. The predicted octanol–water partition coefficient (Wildman–Crippen LogP) is 1.94. The van der Waals surface area contributed by atoms with Crippen molar-refractivity contribution in [1.82, 2.24) is 4.31 Å². The van der Waals surface area contributed by atoms with E-state index in [-0.39, 0.29) is 22.8 Å². The van der Waals surface area contributed by atoms with Crippen molar-refractivity contribution in [2.45, 2.75) is 17.4 Å². The number of carbonyl (C=O) groups is 2. The van der Waals surface area contributed by atoms with E-state index in [2.05, 4.69) is 5.32 Å². The number of amidine groups is 1. The molecule has 0 aromatic heterocycles. The highest BCUT2D eigenvalue weighted by Gasteiger charge is 2.34. The van der Waals surface area contributed by atoms with Crippen molar-refractivity contribution in [2.24, 2.45) is 5.73 Å². The minimum absolute atomic E-state index is 0.145. The largest absolute Gasteiger partial charge is 0.480 e. The van der Waals surface area contributed by atoms with Gasteiger partial charge in [0.25, 0.3) is 0 Å². The van der Waals surface area contributed by atoms with E-state index in [4.69, 9.17) is 11.1 Å². The number of carboxylic acid groups (broad SMARTS) is 1. The molecule has 206 valence electrons. The summed E-state index contributed by atoms with van der Waals surface area (Å²) in [4.78, 5) is 25.0. The molecule has 13 heteroatoms. The Morgan fingerprint density at radius 1 is 0.974 bits per heavy atom. The number of hydrogen-bond acceptors (Lipinski definition) is 7. The van der Waals surface area contributed by atoms with Crippen molar-refractivity contribution in [1.29, 1.82) is 5.41 Å². The average Bonchev–Trinajstić information content (AvgIpc) is 2.85. The van der Waals surface area contributed by atoms with Crippen LogP contribution in [0.4, 0.5) is 5.69 Å². The van der Waals surface area contributed by atoms with Crippen molar-refractivity contribution in [2.75, 3.05) is 24.4 Å². The van der Waals surface area contributed by atoms with E-state index in [0.29, 0.717) is 26.6 Å². The van der Waals surface area contributed by atoms with Crippen molar-refractivity contribution in [3.05, 3.63) is 83.9 Å². The highest BCUT2D eigenvalue weighted by molar-refractivity contribution is 7.90. The average molecular weight is 573 g/mol. The van der Waals surface area contributed by atoms with E-state index >= 15 is 0 Å². The van der Waals surface area contributed by atoms with Crippen LogP contribution in [-0.2, 0) is 35.9 Å². The number of anilines is 1. The first-order chi connectivity index (χ1) is 18.2. The first-order valence-electron chi connectivity index (χ1n) is 11.5. The number of carboxylic acids is 1. The van der Waals surface area contributed by atoms with Gasteiger partial charge >= 0.3 is 5.97 Å². The summed E-state index contributed by atoms with van der Waals surface area (Å²) in [5.41, 5.74) is 7.71. The summed E-state index contributed by atoms with van der Waals surface area (Å²) >= 11 is 0. The Hall–Kier alpha value is -4.07. The van der Waals surface area contributed by atoms with Crippen molar-refractivity contribution >= 4 is 43.3 Å². The lowest BCUT2D eigenvalue weighted by atomic mass is 10.0. The Labute approximate surface area is 226 Å². The van der Waals surface area contributed by atoms with Gasteiger partial charge in [-0.2, -0.15) is 4.31 Å². The zero-order valence-electron chi connectivity index (χ0n) is 21.2. The summed E-state index contributed by atoms with van der Waals surface area (Å²) in [7, 11) is -7.63. The van der Waals surface area contributed by atoms with Gasteiger partial charge in [-0.25, -0.2) is 16.8 Å². The van der Waals surface area contributed by atoms with Crippen molar-refractivity contribution < 1.29 is 31.5 Å². The molecule has 39 heavy (non-hydrogen) atoms. The molecular weight excluding hydrogens is 544 g/mol. The SMILES string of the molecule is CS(=O)(=O)c1ccccc1-c1ccc(NC(=O)C(Cc2cccc(C(=N)N)c2)N(CC(=O)O)S(C)(=O)=O)cc1. The second-order valence-corrected chi connectivity index (χ2v) is 12.8. The molecule has 11 nitrogen and oxygen atoms in total. The van der Waals surface area contributed by atoms with Crippen LogP contribution in [0.3, 0.4) is 0 Å². The summed E-state index contributed by atoms with van der Waals surface area (Å²) in [6.45, 7) is -0.940. The van der Waals surface area contributed by atoms with Crippen LogP contribution in [0.15, 0.2) is 77.7 Å². The first-order valence-corrected chi connectivity index (χ1v) is 15.2. The topological polar surface area (TPSA) is 188 Å². The molecule has 0 radical (unpaired) electrons. The highest BCUT2D eigenvalue weighted by atomic mass is 32.2. The number of hydrogen-bond donors (Lipinski definition) is 4. The highest BCUT2D eigenvalue weighted by Crippen LogP contribution is 2.28. The standard InChI is InChI=1S/C26H28N4O7S2/c1-38(34,35)23-9-4-3-8-21(23)18-10-12-20(13-11-18)29-26(33)22(30(16-24(31)32)39(2,36)37)15-17-6-5-7-19(14-17)25(27)28/h3-14,22H,15-16H2,1-2H3,(H3,27,28)(H,29,33)(H,31,32). The van der Waals surface area contributed by atoms with E-state index in [0.717, 1.165) is 12.5 Å². The number of sulfonamides is 1. The number of rotatable bonds is 11. The lowest BCUT2D eigenvalue weighted by molar-refractivity contribution is -0.137. The fraction of sp³-hybridized carbons (Fsp3) is 0.192. The molecule has 3 aromatic carbocycles. The van der Waals surface area contributed by atoms with Crippen LogP contribution in [0.25, 0.3) is 11.1 Å². The molecule has 0 saturated carbocycles. The summed E-state index contributed by atoms with van der Waals surface area (Å²) < 4.78 is 50.0. The number of nitrogens with one attached hydrogen (secondary N) is 2. The van der Waals surface area contributed by atoms with Gasteiger partial charge in [0.15, 0.2) is 9.84 Å². The van der Waals surface area contributed by atoms with E-state index < -0.39 is 44.3 Å². The molecule has 0 heterocycles. The van der Waals surface area contributed by atoms with Crippen LogP contribution in [0.2, 0.25) is 0 Å². The maximum absolute atomic E-state index is 13.4. The second-order valence-electron chi connectivity index (χ2n) is 8.87. The minimum Gasteiger partial charge on any atom is -0.480 e. The molecule has 0 aliphatic carbocycles. The number of sulfone groups is 1. The molecule has 3 rings (SSSR count). The molecule has 0 aliphatic rings. The number of nitrogens with two attached hydrogens (primary N) is 1. The summed E-state index contributed by atoms with van der Waals surface area (Å²) in [6, 6.07) is 17.6. The van der Waals surface area contributed by atoms with Gasteiger partial charge in [0.05, 0.1) is 11.2 Å². The Morgan fingerprint density at radius 2 is 1.62 bits per heavy atom. The molecule has 5 N–H and O–H groups in total. The van der Waals surface area contributed by atoms with Gasteiger partial charge in [-0.05, 0) is 41.8 Å². The molecule has 0 saturated heterocycles. The first kappa shape index (κ1) is 29.5. The molecule has 1 amide bonds. The quantitative estimate of drug-likeness (QED) is 0.198. The minimum atomic E-state index is -4.14. The monoisotopic (exact) mass is 572 g/mol. The summed E-state index contributed by atoms with van der Waals surface area (Å²) in [6.07, 6.45) is 1.74. The van der Waals surface area contributed by atoms with Gasteiger partial charge < -0.3 is 16.2 Å².